The molecular weight excluding hydrogens is 324 g/mol. The van der Waals surface area contributed by atoms with Gasteiger partial charge in [0.2, 0.25) is 11.8 Å². The molecule has 1 aromatic carbocycles. The molecule has 130 valence electrons. The van der Waals surface area contributed by atoms with E-state index in [1.165, 1.54) is 25.3 Å². The Kier molecular flexibility index (Phi) is 7.32. The Hall–Kier alpha value is -1.81. The highest BCUT2D eigenvalue weighted by Gasteiger charge is 2.14. The van der Waals surface area contributed by atoms with Crippen molar-refractivity contribution in [1.82, 2.24) is 10.2 Å². The highest BCUT2D eigenvalue weighted by Crippen LogP contribution is 2.19. The Morgan fingerprint density at radius 2 is 1.96 bits per heavy atom. The smallest absolute Gasteiger partial charge is 0.239 e. The van der Waals surface area contributed by atoms with E-state index in [2.05, 4.69) is 11.4 Å². The number of carbonyl (C=O) groups is 2. The van der Waals surface area contributed by atoms with E-state index in [1.54, 1.807) is 17.0 Å². The Labute approximate surface area is 148 Å². The molecule has 0 unspecified atom stereocenters. The second-order valence-corrected chi connectivity index (χ2v) is 6.65. The van der Waals surface area contributed by atoms with Gasteiger partial charge in [-0.25, -0.2) is 0 Å². The normalized spacial score (nSPS) is 14.0. The fraction of sp³-hybridized carbons (Fsp3) is 0.474. The maximum absolute atomic E-state index is 12.1. The van der Waals surface area contributed by atoms with E-state index < -0.39 is 0 Å². The number of amides is 2. The SMILES string of the molecule is CC(=O)N(CC(=O)NCCC1=CCCCC1)Cc1ccc(Cl)cc1. The maximum atomic E-state index is 12.1. The van der Waals surface area contributed by atoms with Crippen LogP contribution >= 0.6 is 11.6 Å². The second kappa shape index (κ2) is 9.48. The number of nitrogens with zero attached hydrogens (tertiary/aromatic N) is 1. The van der Waals surface area contributed by atoms with Gasteiger partial charge >= 0.3 is 0 Å². The van der Waals surface area contributed by atoms with E-state index in [0.717, 1.165) is 24.8 Å². The highest BCUT2D eigenvalue weighted by atomic mass is 35.5. The van der Waals surface area contributed by atoms with Crippen molar-refractivity contribution < 1.29 is 9.59 Å². The van der Waals surface area contributed by atoms with Crippen molar-refractivity contribution in [2.24, 2.45) is 0 Å². The van der Waals surface area contributed by atoms with Gasteiger partial charge in [-0.05, 0) is 49.8 Å². The van der Waals surface area contributed by atoms with Crippen molar-refractivity contribution in [1.29, 1.82) is 0 Å². The zero-order valence-corrected chi connectivity index (χ0v) is 14.9. The summed E-state index contributed by atoms with van der Waals surface area (Å²) in [4.78, 5) is 25.4. The number of hydrogen-bond acceptors (Lipinski definition) is 2. The van der Waals surface area contributed by atoms with Gasteiger partial charge in [0.25, 0.3) is 0 Å². The molecule has 24 heavy (non-hydrogen) atoms. The van der Waals surface area contributed by atoms with Crippen LogP contribution in [0.2, 0.25) is 5.02 Å². The standard InChI is InChI=1S/C19H25ClN2O2/c1-15(23)22(13-17-7-9-18(20)10-8-17)14-19(24)21-12-11-16-5-3-2-4-6-16/h5,7-10H,2-4,6,11-14H2,1H3,(H,21,24). The number of nitrogens with one attached hydrogen (secondary N) is 1. The summed E-state index contributed by atoms with van der Waals surface area (Å²) in [6.45, 7) is 2.61. The third-order valence-corrected chi connectivity index (χ3v) is 4.47. The minimum Gasteiger partial charge on any atom is -0.354 e. The summed E-state index contributed by atoms with van der Waals surface area (Å²) in [6.07, 6.45) is 8.02. The van der Waals surface area contributed by atoms with Crippen LogP contribution < -0.4 is 5.32 Å². The van der Waals surface area contributed by atoms with Gasteiger partial charge in [0.15, 0.2) is 0 Å². The Morgan fingerprint density at radius 1 is 1.21 bits per heavy atom. The van der Waals surface area contributed by atoms with Gasteiger partial charge in [-0.1, -0.05) is 35.4 Å². The van der Waals surface area contributed by atoms with E-state index >= 15 is 0 Å². The van der Waals surface area contributed by atoms with Crippen LogP contribution in [0, 0.1) is 0 Å². The first-order valence-electron chi connectivity index (χ1n) is 8.49. The van der Waals surface area contributed by atoms with Crippen LogP contribution in [0.25, 0.3) is 0 Å². The third-order valence-electron chi connectivity index (χ3n) is 4.22. The maximum Gasteiger partial charge on any atom is 0.239 e. The molecule has 1 N–H and O–H groups in total. The molecule has 0 saturated carbocycles. The third kappa shape index (κ3) is 6.36. The number of halogens is 1. The van der Waals surface area contributed by atoms with Gasteiger partial charge in [-0.3, -0.25) is 9.59 Å². The Bertz CT molecular complexity index is 596. The first kappa shape index (κ1) is 18.5. The molecule has 0 atom stereocenters. The predicted molar refractivity (Wildman–Crippen MR) is 96.7 cm³/mol. The van der Waals surface area contributed by atoms with Crippen molar-refractivity contribution in [2.45, 2.75) is 45.6 Å². The lowest BCUT2D eigenvalue weighted by Gasteiger charge is -2.21. The quantitative estimate of drug-likeness (QED) is 0.764. The summed E-state index contributed by atoms with van der Waals surface area (Å²) < 4.78 is 0. The molecule has 0 bridgehead atoms. The topological polar surface area (TPSA) is 49.4 Å². The summed E-state index contributed by atoms with van der Waals surface area (Å²) in [7, 11) is 0. The first-order valence-corrected chi connectivity index (χ1v) is 8.87. The number of rotatable bonds is 7. The average Bonchev–Trinajstić information content (AvgIpc) is 2.57. The van der Waals surface area contributed by atoms with Gasteiger partial charge in [-0.2, -0.15) is 0 Å². The van der Waals surface area contributed by atoms with Crippen LogP contribution in [0.15, 0.2) is 35.9 Å². The predicted octanol–water partition coefficient (Wildman–Crippen LogP) is 3.70. The molecule has 0 fully saturated rings. The molecular formula is C19H25ClN2O2. The molecule has 2 rings (SSSR count). The van der Waals surface area contributed by atoms with Crippen molar-refractivity contribution in [3.63, 3.8) is 0 Å². The van der Waals surface area contributed by atoms with E-state index in [9.17, 15) is 9.59 Å². The first-order chi connectivity index (χ1) is 11.5. The Morgan fingerprint density at radius 3 is 2.58 bits per heavy atom. The second-order valence-electron chi connectivity index (χ2n) is 6.21. The summed E-state index contributed by atoms with van der Waals surface area (Å²) >= 11 is 5.87. The monoisotopic (exact) mass is 348 g/mol. The molecule has 0 heterocycles. The van der Waals surface area contributed by atoms with Gasteiger partial charge < -0.3 is 10.2 Å². The van der Waals surface area contributed by atoms with E-state index in [-0.39, 0.29) is 18.4 Å². The molecule has 5 heteroatoms. The molecule has 4 nitrogen and oxygen atoms in total. The molecule has 0 saturated heterocycles. The molecule has 0 spiro atoms. The van der Waals surface area contributed by atoms with Crippen LogP contribution in [0.3, 0.4) is 0 Å². The van der Waals surface area contributed by atoms with Crippen LogP contribution in [0.1, 0.15) is 44.6 Å². The lowest BCUT2D eigenvalue weighted by Crippen LogP contribution is -2.39. The number of benzene rings is 1. The number of carbonyl (C=O) groups excluding carboxylic acids is 2. The van der Waals surface area contributed by atoms with Crippen molar-refractivity contribution in [3.05, 3.63) is 46.5 Å². The Balaban J connectivity index is 1.78. The van der Waals surface area contributed by atoms with Gasteiger partial charge in [0.1, 0.15) is 0 Å². The van der Waals surface area contributed by atoms with Crippen LogP contribution in [-0.4, -0.2) is 29.8 Å². The molecule has 1 aliphatic rings. The average molecular weight is 349 g/mol. The minimum atomic E-state index is -0.116. The summed E-state index contributed by atoms with van der Waals surface area (Å²) in [5, 5.41) is 3.57. The molecule has 2 amide bonds. The lowest BCUT2D eigenvalue weighted by molar-refractivity contribution is -0.134. The van der Waals surface area contributed by atoms with Crippen molar-refractivity contribution in [2.75, 3.05) is 13.1 Å². The summed E-state index contributed by atoms with van der Waals surface area (Å²) in [5.74, 6) is -0.231. The van der Waals surface area contributed by atoms with E-state index in [4.69, 9.17) is 11.6 Å². The fourth-order valence-corrected chi connectivity index (χ4v) is 2.94. The number of allylic oxidation sites excluding steroid dienone is 1. The number of hydrogen-bond donors (Lipinski definition) is 1. The van der Waals surface area contributed by atoms with Crippen LogP contribution in [-0.2, 0) is 16.1 Å². The fourth-order valence-electron chi connectivity index (χ4n) is 2.81. The largest absolute Gasteiger partial charge is 0.354 e. The van der Waals surface area contributed by atoms with E-state index in [0.29, 0.717) is 18.1 Å². The summed E-state index contributed by atoms with van der Waals surface area (Å²) in [5.41, 5.74) is 2.39. The highest BCUT2D eigenvalue weighted by molar-refractivity contribution is 6.30. The zero-order valence-electron chi connectivity index (χ0n) is 14.2. The van der Waals surface area contributed by atoms with Crippen molar-refractivity contribution in [3.8, 4) is 0 Å². The van der Waals surface area contributed by atoms with Gasteiger partial charge in [0, 0.05) is 25.0 Å². The molecule has 0 radical (unpaired) electrons. The van der Waals surface area contributed by atoms with Crippen molar-refractivity contribution >= 4 is 23.4 Å². The van der Waals surface area contributed by atoms with E-state index in [1.807, 2.05) is 12.1 Å². The van der Waals surface area contributed by atoms with Gasteiger partial charge in [0.05, 0.1) is 6.54 Å². The molecule has 1 aromatic rings. The van der Waals surface area contributed by atoms with Crippen LogP contribution in [0.5, 0.6) is 0 Å². The summed E-state index contributed by atoms with van der Waals surface area (Å²) in [6, 6.07) is 7.30. The zero-order chi connectivity index (χ0) is 17.4. The van der Waals surface area contributed by atoms with Crippen LogP contribution in [0.4, 0.5) is 0 Å². The molecule has 1 aliphatic carbocycles. The minimum absolute atomic E-state index is 0.0804. The van der Waals surface area contributed by atoms with Gasteiger partial charge in [-0.15, -0.1) is 0 Å². The lowest BCUT2D eigenvalue weighted by atomic mass is 9.97. The molecule has 0 aliphatic heterocycles. The molecule has 0 aromatic heterocycles.